The lowest BCUT2D eigenvalue weighted by molar-refractivity contribution is 0.0526. The standard InChI is InChI=1S/C17H18BrNO2/c1-3-21-17(20)14-5-4-6-16(11-14)19-12(2)13-7-9-15(18)10-8-13/h4-12,19H,3H2,1-2H3. The van der Waals surface area contributed by atoms with Crippen LogP contribution in [0.1, 0.15) is 35.8 Å². The van der Waals surface area contributed by atoms with E-state index in [0.29, 0.717) is 12.2 Å². The van der Waals surface area contributed by atoms with Gasteiger partial charge in [0.2, 0.25) is 0 Å². The molecule has 0 saturated heterocycles. The minimum absolute atomic E-state index is 0.149. The van der Waals surface area contributed by atoms with Crippen molar-refractivity contribution in [2.45, 2.75) is 19.9 Å². The molecule has 0 aliphatic carbocycles. The van der Waals surface area contributed by atoms with Crippen molar-refractivity contribution < 1.29 is 9.53 Å². The zero-order chi connectivity index (χ0) is 15.2. The molecule has 0 aromatic heterocycles. The second kappa shape index (κ2) is 7.27. The molecule has 21 heavy (non-hydrogen) atoms. The summed E-state index contributed by atoms with van der Waals surface area (Å²) in [6.07, 6.45) is 0. The van der Waals surface area contributed by atoms with Crippen LogP contribution in [0.15, 0.2) is 53.0 Å². The van der Waals surface area contributed by atoms with Gasteiger partial charge in [0.15, 0.2) is 0 Å². The van der Waals surface area contributed by atoms with Crippen molar-refractivity contribution in [1.29, 1.82) is 0 Å². The van der Waals surface area contributed by atoms with E-state index in [2.05, 4.69) is 40.3 Å². The summed E-state index contributed by atoms with van der Waals surface area (Å²) in [5, 5.41) is 3.39. The molecule has 1 N–H and O–H groups in total. The van der Waals surface area contributed by atoms with Crippen LogP contribution in [-0.4, -0.2) is 12.6 Å². The van der Waals surface area contributed by atoms with Gasteiger partial charge in [0.1, 0.15) is 0 Å². The van der Waals surface area contributed by atoms with E-state index >= 15 is 0 Å². The van der Waals surface area contributed by atoms with E-state index in [-0.39, 0.29) is 12.0 Å². The summed E-state index contributed by atoms with van der Waals surface area (Å²) in [5.41, 5.74) is 2.64. The highest BCUT2D eigenvalue weighted by molar-refractivity contribution is 9.10. The highest BCUT2D eigenvalue weighted by Crippen LogP contribution is 2.22. The topological polar surface area (TPSA) is 38.3 Å². The van der Waals surface area contributed by atoms with E-state index < -0.39 is 0 Å². The van der Waals surface area contributed by atoms with E-state index in [1.807, 2.05) is 30.3 Å². The van der Waals surface area contributed by atoms with E-state index in [1.165, 1.54) is 5.56 Å². The minimum atomic E-state index is -0.294. The van der Waals surface area contributed by atoms with E-state index in [4.69, 9.17) is 4.74 Å². The van der Waals surface area contributed by atoms with Crippen LogP contribution < -0.4 is 5.32 Å². The SMILES string of the molecule is CCOC(=O)c1cccc(NC(C)c2ccc(Br)cc2)c1. The van der Waals surface area contributed by atoms with Gasteiger partial charge in [-0.25, -0.2) is 4.79 Å². The fourth-order valence-electron chi connectivity index (χ4n) is 2.04. The Morgan fingerprint density at radius 3 is 2.62 bits per heavy atom. The fraction of sp³-hybridized carbons (Fsp3) is 0.235. The van der Waals surface area contributed by atoms with Crippen molar-refractivity contribution in [3.05, 3.63) is 64.1 Å². The monoisotopic (exact) mass is 347 g/mol. The molecule has 2 aromatic carbocycles. The summed E-state index contributed by atoms with van der Waals surface area (Å²) >= 11 is 3.43. The summed E-state index contributed by atoms with van der Waals surface area (Å²) in [5.74, 6) is -0.294. The van der Waals surface area contributed by atoms with Crippen LogP contribution in [-0.2, 0) is 4.74 Å². The number of carbonyl (C=O) groups excluding carboxylic acids is 1. The number of nitrogens with one attached hydrogen (secondary N) is 1. The Kier molecular flexibility index (Phi) is 5.39. The molecular weight excluding hydrogens is 330 g/mol. The quantitative estimate of drug-likeness (QED) is 0.789. The van der Waals surface area contributed by atoms with Gasteiger partial charge in [-0.05, 0) is 49.7 Å². The number of halogens is 1. The minimum Gasteiger partial charge on any atom is -0.462 e. The maximum absolute atomic E-state index is 11.7. The molecule has 110 valence electrons. The van der Waals surface area contributed by atoms with Crippen molar-refractivity contribution in [3.8, 4) is 0 Å². The van der Waals surface area contributed by atoms with Crippen molar-refractivity contribution in [3.63, 3.8) is 0 Å². The first-order valence-corrected chi connectivity index (χ1v) is 7.68. The van der Waals surface area contributed by atoms with Crippen LogP contribution in [0, 0.1) is 0 Å². The zero-order valence-corrected chi connectivity index (χ0v) is 13.7. The molecule has 0 amide bonds. The Labute approximate surface area is 133 Å². The van der Waals surface area contributed by atoms with Gasteiger partial charge in [-0.15, -0.1) is 0 Å². The van der Waals surface area contributed by atoms with Gasteiger partial charge < -0.3 is 10.1 Å². The molecule has 1 unspecified atom stereocenters. The Morgan fingerprint density at radius 2 is 1.95 bits per heavy atom. The predicted molar refractivity (Wildman–Crippen MR) is 88.6 cm³/mol. The van der Waals surface area contributed by atoms with Crippen LogP contribution in [0.4, 0.5) is 5.69 Å². The summed E-state index contributed by atoms with van der Waals surface area (Å²) < 4.78 is 6.07. The van der Waals surface area contributed by atoms with Crippen LogP contribution in [0.2, 0.25) is 0 Å². The molecule has 4 heteroatoms. The normalized spacial score (nSPS) is 11.8. The molecule has 0 spiro atoms. The number of ether oxygens (including phenoxy) is 1. The molecule has 3 nitrogen and oxygen atoms in total. The lowest BCUT2D eigenvalue weighted by atomic mass is 10.1. The number of carbonyl (C=O) groups is 1. The molecule has 2 rings (SSSR count). The van der Waals surface area contributed by atoms with Gasteiger partial charge in [0.25, 0.3) is 0 Å². The first kappa shape index (κ1) is 15.6. The van der Waals surface area contributed by atoms with Gasteiger partial charge >= 0.3 is 5.97 Å². The molecule has 0 fully saturated rings. The van der Waals surface area contributed by atoms with Gasteiger partial charge in [-0.1, -0.05) is 34.1 Å². The maximum Gasteiger partial charge on any atom is 0.338 e. The van der Waals surface area contributed by atoms with Crippen LogP contribution in [0.3, 0.4) is 0 Å². The molecule has 0 radical (unpaired) electrons. The van der Waals surface area contributed by atoms with Crippen molar-refractivity contribution in [2.24, 2.45) is 0 Å². The van der Waals surface area contributed by atoms with Crippen molar-refractivity contribution in [1.82, 2.24) is 0 Å². The van der Waals surface area contributed by atoms with Gasteiger partial charge in [0, 0.05) is 16.2 Å². The lowest BCUT2D eigenvalue weighted by Gasteiger charge is -2.16. The zero-order valence-electron chi connectivity index (χ0n) is 12.1. The van der Waals surface area contributed by atoms with Crippen LogP contribution >= 0.6 is 15.9 Å². The second-order valence-corrected chi connectivity index (χ2v) is 5.63. The average Bonchev–Trinajstić information content (AvgIpc) is 2.48. The average molecular weight is 348 g/mol. The summed E-state index contributed by atoms with van der Waals surface area (Å²) in [6.45, 7) is 4.27. The third kappa shape index (κ3) is 4.33. The molecule has 1 atom stereocenters. The van der Waals surface area contributed by atoms with E-state index in [1.54, 1.807) is 13.0 Å². The number of rotatable bonds is 5. The lowest BCUT2D eigenvalue weighted by Crippen LogP contribution is -2.08. The highest BCUT2D eigenvalue weighted by atomic mass is 79.9. The first-order chi connectivity index (χ1) is 10.1. The van der Waals surface area contributed by atoms with Crippen LogP contribution in [0.25, 0.3) is 0 Å². The smallest absolute Gasteiger partial charge is 0.338 e. The number of esters is 1. The highest BCUT2D eigenvalue weighted by Gasteiger charge is 2.09. The predicted octanol–water partition coefficient (Wildman–Crippen LogP) is 4.80. The van der Waals surface area contributed by atoms with E-state index in [9.17, 15) is 4.79 Å². The molecule has 0 saturated carbocycles. The van der Waals surface area contributed by atoms with Gasteiger partial charge in [-0.3, -0.25) is 0 Å². The third-order valence-corrected chi connectivity index (χ3v) is 3.66. The Hall–Kier alpha value is -1.81. The molecule has 2 aromatic rings. The fourth-order valence-corrected chi connectivity index (χ4v) is 2.30. The third-order valence-electron chi connectivity index (χ3n) is 3.13. The summed E-state index contributed by atoms with van der Waals surface area (Å²) in [7, 11) is 0. The molecule has 0 aliphatic rings. The second-order valence-electron chi connectivity index (χ2n) is 4.72. The number of anilines is 1. The van der Waals surface area contributed by atoms with E-state index in [0.717, 1.165) is 10.2 Å². The molecule has 0 bridgehead atoms. The molecule has 0 heterocycles. The number of hydrogen-bond donors (Lipinski definition) is 1. The van der Waals surface area contributed by atoms with Crippen molar-refractivity contribution in [2.75, 3.05) is 11.9 Å². The maximum atomic E-state index is 11.7. The Morgan fingerprint density at radius 1 is 1.24 bits per heavy atom. The summed E-state index contributed by atoms with van der Waals surface area (Å²) in [6, 6.07) is 15.7. The number of benzene rings is 2. The van der Waals surface area contributed by atoms with Crippen molar-refractivity contribution >= 4 is 27.6 Å². The largest absolute Gasteiger partial charge is 0.462 e. The molecular formula is C17H18BrNO2. The Bertz CT molecular complexity index is 610. The van der Waals surface area contributed by atoms with Crippen LogP contribution in [0.5, 0.6) is 0 Å². The molecule has 0 aliphatic heterocycles. The Balaban J connectivity index is 2.10. The van der Waals surface area contributed by atoms with Gasteiger partial charge in [0.05, 0.1) is 12.2 Å². The summed E-state index contributed by atoms with van der Waals surface area (Å²) in [4.78, 5) is 11.7. The number of hydrogen-bond acceptors (Lipinski definition) is 3. The van der Waals surface area contributed by atoms with Gasteiger partial charge in [-0.2, -0.15) is 0 Å². The first-order valence-electron chi connectivity index (χ1n) is 6.89.